The Balaban J connectivity index is 0.00000196. The number of hydrogen-bond acceptors (Lipinski definition) is 4. The van der Waals surface area contributed by atoms with E-state index in [0.29, 0.717) is 12.3 Å². The molecule has 0 aromatic heterocycles. The standard InChI is InChI=1S/C20H26ClNO3.BrH/c1-22-9-7-20-14(4-3-8-21)10-15(23)11-17(20)25-19-16(24-2)6-5-13(12-22)18(19)20;/h5-6,10,15,17,23H,3-4,7-9,11-12H2,1-2H3;1H/t15-,17-,20+;/m0./s1. The van der Waals surface area contributed by atoms with E-state index in [-0.39, 0.29) is 28.5 Å². The van der Waals surface area contributed by atoms with E-state index in [1.54, 1.807) is 7.11 Å². The number of methoxy groups -OCH3 is 1. The average molecular weight is 445 g/mol. The van der Waals surface area contributed by atoms with Crippen LogP contribution in [0.15, 0.2) is 23.8 Å². The zero-order chi connectivity index (χ0) is 17.6. The van der Waals surface area contributed by atoms with Crippen molar-refractivity contribution in [3.05, 3.63) is 34.9 Å². The first-order valence-electron chi connectivity index (χ1n) is 9.11. The van der Waals surface area contributed by atoms with E-state index in [9.17, 15) is 5.11 Å². The minimum Gasteiger partial charge on any atom is -0.493 e. The molecule has 144 valence electrons. The topological polar surface area (TPSA) is 41.9 Å². The van der Waals surface area contributed by atoms with Gasteiger partial charge in [0, 0.05) is 24.4 Å². The molecule has 1 aliphatic carbocycles. The van der Waals surface area contributed by atoms with E-state index < -0.39 is 6.10 Å². The minimum atomic E-state index is -0.453. The first kappa shape index (κ1) is 20.0. The zero-order valence-corrected chi connectivity index (χ0v) is 17.8. The van der Waals surface area contributed by atoms with Crippen LogP contribution in [-0.4, -0.2) is 48.8 Å². The number of aliphatic hydroxyl groups is 1. The molecule has 2 heterocycles. The van der Waals surface area contributed by atoms with Gasteiger partial charge in [0.1, 0.15) is 6.10 Å². The highest BCUT2D eigenvalue weighted by Crippen LogP contribution is 2.59. The van der Waals surface area contributed by atoms with Gasteiger partial charge in [0.05, 0.1) is 18.6 Å². The Hall–Kier alpha value is -0.750. The van der Waals surface area contributed by atoms with Crippen molar-refractivity contribution in [1.29, 1.82) is 0 Å². The summed E-state index contributed by atoms with van der Waals surface area (Å²) < 4.78 is 12.0. The fourth-order valence-corrected chi connectivity index (χ4v) is 5.07. The van der Waals surface area contributed by atoms with Crippen LogP contribution in [0, 0.1) is 0 Å². The van der Waals surface area contributed by atoms with Crippen LogP contribution in [-0.2, 0) is 12.0 Å². The number of ether oxygens (including phenoxy) is 2. The molecule has 0 saturated heterocycles. The Morgan fingerprint density at radius 3 is 2.96 bits per heavy atom. The van der Waals surface area contributed by atoms with E-state index in [4.69, 9.17) is 21.1 Å². The molecule has 0 radical (unpaired) electrons. The van der Waals surface area contributed by atoms with Gasteiger partial charge >= 0.3 is 0 Å². The van der Waals surface area contributed by atoms with Crippen molar-refractivity contribution in [2.24, 2.45) is 0 Å². The van der Waals surface area contributed by atoms with Gasteiger partial charge in [-0.1, -0.05) is 17.7 Å². The number of nitrogens with zero attached hydrogens (tertiary/aromatic N) is 1. The van der Waals surface area contributed by atoms with Crippen molar-refractivity contribution < 1.29 is 14.6 Å². The predicted octanol–water partition coefficient (Wildman–Crippen LogP) is 3.82. The van der Waals surface area contributed by atoms with Crippen LogP contribution in [0.5, 0.6) is 11.5 Å². The highest BCUT2D eigenvalue weighted by Gasteiger charge is 2.56. The van der Waals surface area contributed by atoms with Gasteiger partial charge in [0.15, 0.2) is 11.5 Å². The predicted molar refractivity (Wildman–Crippen MR) is 109 cm³/mol. The molecule has 0 bridgehead atoms. The molecule has 1 spiro atoms. The lowest BCUT2D eigenvalue weighted by atomic mass is 9.63. The van der Waals surface area contributed by atoms with Gasteiger partial charge in [-0.2, -0.15) is 0 Å². The third-order valence-corrected chi connectivity index (χ3v) is 6.28. The lowest BCUT2D eigenvalue weighted by molar-refractivity contribution is 0.0743. The van der Waals surface area contributed by atoms with Crippen molar-refractivity contribution in [1.82, 2.24) is 4.90 Å². The molecule has 3 aliphatic rings. The molecule has 1 N–H and O–H groups in total. The number of benzene rings is 1. The third-order valence-electron chi connectivity index (χ3n) is 6.01. The van der Waals surface area contributed by atoms with Gasteiger partial charge in [-0.25, -0.2) is 0 Å². The number of rotatable bonds is 4. The molecule has 0 unspecified atom stereocenters. The highest BCUT2D eigenvalue weighted by atomic mass is 79.9. The summed E-state index contributed by atoms with van der Waals surface area (Å²) in [7, 11) is 3.86. The third kappa shape index (κ3) is 2.97. The lowest BCUT2D eigenvalue weighted by Crippen LogP contribution is -2.46. The van der Waals surface area contributed by atoms with E-state index in [1.165, 1.54) is 16.7 Å². The SMILES string of the molecule is Br.COc1ccc2c3c1O[C@H]1C[C@@H](O)C=C(CCCCl)[C@@]31CCN(C)C2. The normalized spacial score (nSPS) is 29.6. The van der Waals surface area contributed by atoms with Crippen LogP contribution in [0.2, 0.25) is 0 Å². The van der Waals surface area contributed by atoms with Crippen LogP contribution in [0.1, 0.15) is 36.8 Å². The Kier molecular flexibility index (Phi) is 5.92. The van der Waals surface area contributed by atoms with Gasteiger partial charge in [-0.05, 0) is 44.5 Å². The molecule has 0 amide bonds. The first-order chi connectivity index (χ1) is 12.1. The number of aliphatic hydroxyl groups excluding tert-OH is 1. The first-order valence-corrected chi connectivity index (χ1v) is 9.64. The maximum Gasteiger partial charge on any atom is 0.166 e. The maximum atomic E-state index is 10.4. The average Bonchev–Trinajstić information content (AvgIpc) is 2.85. The summed E-state index contributed by atoms with van der Waals surface area (Å²) >= 11 is 5.99. The van der Waals surface area contributed by atoms with Crippen molar-refractivity contribution in [2.75, 3.05) is 26.6 Å². The number of halogens is 2. The summed E-state index contributed by atoms with van der Waals surface area (Å²) in [5, 5.41) is 10.4. The maximum absolute atomic E-state index is 10.4. The van der Waals surface area contributed by atoms with Gasteiger partial charge in [-0.15, -0.1) is 28.6 Å². The summed E-state index contributed by atoms with van der Waals surface area (Å²) in [6.07, 6.45) is 5.03. The van der Waals surface area contributed by atoms with Crippen LogP contribution in [0.3, 0.4) is 0 Å². The van der Waals surface area contributed by atoms with Crippen LogP contribution < -0.4 is 9.47 Å². The number of alkyl halides is 1. The molecule has 26 heavy (non-hydrogen) atoms. The second kappa shape index (κ2) is 7.70. The molecular formula is C20H27BrClNO3. The van der Waals surface area contributed by atoms with Crippen molar-refractivity contribution >= 4 is 28.6 Å². The second-order valence-electron chi connectivity index (χ2n) is 7.48. The van der Waals surface area contributed by atoms with E-state index in [1.807, 2.05) is 6.07 Å². The van der Waals surface area contributed by atoms with Gasteiger partial charge < -0.3 is 19.5 Å². The quantitative estimate of drug-likeness (QED) is 0.566. The van der Waals surface area contributed by atoms with E-state index in [2.05, 4.69) is 24.1 Å². The zero-order valence-electron chi connectivity index (χ0n) is 15.3. The summed E-state index contributed by atoms with van der Waals surface area (Å²) in [4.78, 5) is 2.37. The fourth-order valence-electron chi connectivity index (χ4n) is 4.94. The number of hydrogen-bond donors (Lipinski definition) is 1. The largest absolute Gasteiger partial charge is 0.493 e. The minimum absolute atomic E-state index is 0. The molecule has 1 aromatic carbocycles. The molecular weight excluding hydrogens is 418 g/mol. The van der Waals surface area contributed by atoms with Gasteiger partial charge in [0.25, 0.3) is 0 Å². The van der Waals surface area contributed by atoms with E-state index >= 15 is 0 Å². The van der Waals surface area contributed by atoms with E-state index in [0.717, 1.165) is 43.9 Å². The fraction of sp³-hybridized carbons (Fsp3) is 0.600. The summed E-state index contributed by atoms with van der Waals surface area (Å²) in [5.74, 6) is 2.31. The summed E-state index contributed by atoms with van der Waals surface area (Å²) in [6.45, 7) is 1.92. The highest BCUT2D eigenvalue weighted by molar-refractivity contribution is 8.93. The lowest BCUT2D eigenvalue weighted by Gasteiger charge is -2.41. The van der Waals surface area contributed by atoms with Gasteiger partial charge in [0.2, 0.25) is 0 Å². The Morgan fingerprint density at radius 1 is 1.42 bits per heavy atom. The monoisotopic (exact) mass is 443 g/mol. The smallest absolute Gasteiger partial charge is 0.166 e. The molecule has 2 aliphatic heterocycles. The summed E-state index contributed by atoms with van der Waals surface area (Å²) in [5.41, 5.74) is 3.73. The molecule has 0 fully saturated rings. The Bertz CT molecular complexity index is 711. The van der Waals surface area contributed by atoms with Crippen LogP contribution >= 0.6 is 28.6 Å². The Morgan fingerprint density at radius 2 is 2.23 bits per heavy atom. The molecule has 1 aromatic rings. The summed E-state index contributed by atoms with van der Waals surface area (Å²) in [6, 6.07) is 4.19. The molecule has 3 atom stereocenters. The molecule has 0 saturated carbocycles. The van der Waals surface area contributed by atoms with Gasteiger partial charge in [-0.3, -0.25) is 0 Å². The molecule has 6 heteroatoms. The molecule has 4 rings (SSSR count). The van der Waals surface area contributed by atoms with Crippen LogP contribution in [0.4, 0.5) is 0 Å². The van der Waals surface area contributed by atoms with Crippen molar-refractivity contribution in [3.63, 3.8) is 0 Å². The van der Waals surface area contributed by atoms with Crippen molar-refractivity contribution in [3.8, 4) is 11.5 Å². The van der Waals surface area contributed by atoms with Crippen molar-refractivity contribution in [2.45, 2.75) is 49.9 Å². The Labute approximate surface area is 170 Å². The van der Waals surface area contributed by atoms with Crippen LogP contribution in [0.25, 0.3) is 0 Å². The second-order valence-corrected chi connectivity index (χ2v) is 7.86. The molecule has 4 nitrogen and oxygen atoms in total.